The first kappa shape index (κ1) is 15.2. The van der Waals surface area contributed by atoms with E-state index in [4.69, 9.17) is 5.73 Å². The highest BCUT2D eigenvalue weighted by Gasteiger charge is 2.25. The third-order valence-electron chi connectivity index (χ3n) is 3.64. The molecular weight excluding hydrogens is 283 g/mol. The largest absolute Gasteiger partial charge is 0.396 e. The molecule has 0 radical (unpaired) electrons. The summed E-state index contributed by atoms with van der Waals surface area (Å²) in [5.74, 6) is -0.457. The Morgan fingerprint density at radius 2 is 2.15 bits per heavy atom. The average Bonchev–Trinajstić information content (AvgIpc) is 2.79. The standard InChI is InChI=1S/C13H19FN2O3S/c1-8-4-11(6-12(15)13(8)14)20(18,19)16-7-9-2-3-10(17)5-9/h4,6,9-10,16-17H,2-3,5,7,15H2,1H3. The lowest BCUT2D eigenvalue weighted by atomic mass is 10.1. The molecule has 0 aliphatic heterocycles. The lowest BCUT2D eigenvalue weighted by Gasteiger charge is -2.12. The van der Waals surface area contributed by atoms with Crippen LogP contribution >= 0.6 is 0 Å². The Hall–Kier alpha value is -1.18. The molecule has 0 bridgehead atoms. The fourth-order valence-electron chi connectivity index (χ4n) is 2.46. The molecule has 0 spiro atoms. The minimum Gasteiger partial charge on any atom is -0.396 e. The van der Waals surface area contributed by atoms with E-state index in [1.54, 1.807) is 0 Å². The first-order valence-corrected chi connectivity index (χ1v) is 8.01. The maximum absolute atomic E-state index is 13.4. The molecule has 5 nitrogen and oxygen atoms in total. The molecule has 0 amide bonds. The molecule has 1 aliphatic carbocycles. The van der Waals surface area contributed by atoms with E-state index < -0.39 is 15.8 Å². The van der Waals surface area contributed by atoms with Crippen LogP contribution in [0.4, 0.5) is 10.1 Å². The van der Waals surface area contributed by atoms with Crippen LogP contribution in [0.2, 0.25) is 0 Å². The number of rotatable bonds is 4. The van der Waals surface area contributed by atoms with Crippen molar-refractivity contribution in [3.8, 4) is 0 Å². The Morgan fingerprint density at radius 1 is 1.45 bits per heavy atom. The molecule has 0 aromatic heterocycles. The quantitative estimate of drug-likeness (QED) is 0.728. The van der Waals surface area contributed by atoms with Gasteiger partial charge in [-0.05, 0) is 49.8 Å². The fourth-order valence-corrected chi connectivity index (χ4v) is 3.70. The predicted octanol–water partition coefficient (Wildman–Crippen LogP) is 1.16. The second-order valence-electron chi connectivity index (χ2n) is 5.33. The predicted molar refractivity (Wildman–Crippen MR) is 74.1 cm³/mol. The Balaban J connectivity index is 2.10. The van der Waals surface area contributed by atoms with Gasteiger partial charge < -0.3 is 10.8 Å². The summed E-state index contributed by atoms with van der Waals surface area (Å²) in [5.41, 5.74) is 5.47. The van der Waals surface area contributed by atoms with Crippen LogP contribution < -0.4 is 10.5 Å². The number of nitrogen functional groups attached to an aromatic ring is 1. The van der Waals surface area contributed by atoms with Crippen LogP contribution in [0.15, 0.2) is 17.0 Å². The van der Waals surface area contributed by atoms with Gasteiger partial charge in [-0.2, -0.15) is 0 Å². The third kappa shape index (κ3) is 3.28. The van der Waals surface area contributed by atoms with Gasteiger partial charge in [-0.1, -0.05) is 0 Å². The monoisotopic (exact) mass is 302 g/mol. The number of sulfonamides is 1. The van der Waals surface area contributed by atoms with Crippen LogP contribution in [-0.4, -0.2) is 26.2 Å². The van der Waals surface area contributed by atoms with Crippen LogP contribution in [-0.2, 0) is 10.0 Å². The summed E-state index contributed by atoms with van der Waals surface area (Å²) in [6, 6.07) is 2.38. The smallest absolute Gasteiger partial charge is 0.240 e. The van der Waals surface area contributed by atoms with E-state index in [-0.39, 0.29) is 34.7 Å². The molecule has 112 valence electrons. The van der Waals surface area contributed by atoms with Gasteiger partial charge in [-0.25, -0.2) is 17.5 Å². The van der Waals surface area contributed by atoms with Crippen LogP contribution in [0.5, 0.6) is 0 Å². The number of benzene rings is 1. The molecule has 0 saturated heterocycles. The zero-order valence-electron chi connectivity index (χ0n) is 11.3. The van der Waals surface area contributed by atoms with Gasteiger partial charge in [0, 0.05) is 6.54 Å². The van der Waals surface area contributed by atoms with Crippen molar-refractivity contribution in [2.45, 2.75) is 37.2 Å². The summed E-state index contributed by atoms with van der Waals surface area (Å²) in [5, 5.41) is 9.41. The highest BCUT2D eigenvalue weighted by molar-refractivity contribution is 7.89. The van der Waals surface area contributed by atoms with Crippen LogP contribution in [0.25, 0.3) is 0 Å². The zero-order chi connectivity index (χ0) is 14.9. The molecule has 1 aromatic rings. The molecular formula is C13H19FN2O3S. The van der Waals surface area contributed by atoms with Crippen molar-refractivity contribution in [3.63, 3.8) is 0 Å². The Labute approximate surface area is 118 Å². The van der Waals surface area contributed by atoms with E-state index in [2.05, 4.69) is 4.72 Å². The number of halogens is 1. The molecule has 1 aromatic carbocycles. The van der Waals surface area contributed by atoms with Gasteiger partial charge in [0.05, 0.1) is 16.7 Å². The maximum Gasteiger partial charge on any atom is 0.240 e. The minimum atomic E-state index is -3.71. The molecule has 0 heterocycles. The first-order valence-electron chi connectivity index (χ1n) is 6.53. The molecule has 4 N–H and O–H groups in total. The van der Waals surface area contributed by atoms with Crippen LogP contribution in [0, 0.1) is 18.7 Å². The average molecular weight is 302 g/mol. The van der Waals surface area contributed by atoms with Crippen molar-refractivity contribution in [2.24, 2.45) is 5.92 Å². The second-order valence-corrected chi connectivity index (χ2v) is 7.10. The molecule has 2 atom stereocenters. The summed E-state index contributed by atoms with van der Waals surface area (Å²) < 4.78 is 40.2. The molecule has 7 heteroatoms. The second kappa shape index (κ2) is 5.67. The number of nitrogens with one attached hydrogen (secondary N) is 1. The third-order valence-corrected chi connectivity index (χ3v) is 5.05. The van der Waals surface area contributed by atoms with Crippen LogP contribution in [0.1, 0.15) is 24.8 Å². The summed E-state index contributed by atoms with van der Waals surface area (Å²) in [6.45, 7) is 1.74. The van der Waals surface area contributed by atoms with E-state index in [1.165, 1.54) is 13.0 Å². The van der Waals surface area contributed by atoms with Crippen molar-refractivity contribution in [1.29, 1.82) is 0 Å². The van der Waals surface area contributed by atoms with Gasteiger partial charge >= 0.3 is 0 Å². The van der Waals surface area contributed by atoms with Gasteiger partial charge in [-0.15, -0.1) is 0 Å². The number of aliphatic hydroxyl groups excluding tert-OH is 1. The zero-order valence-corrected chi connectivity index (χ0v) is 12.1. The van der Waals surface area contributed by atoms with E-state index in [1.807, 2.05) is 0 Å². The Bertz CT molecular complexity index is 581. The number of nitrogens with two attached hydrogens (primary N) is 1. The lowest BCUT2D eigenvalue weighted by molar-refractivity contribution is 0.178. The number of anilines is 1. The van der Waals surface area contributed by atoms with Crippen LogP contribution in [0.3, 0.4) is 0 Å². The first-order chi connectivity index (χ1) is 9.29. The van der Waals surface area contributed by atoms with Gasteiger partial charge in [0.25, 0.3) is 0 Å². The van der Waals surface area contributed by atoms with Gasteiger partial charge in [0.15, 0.2) is 0 Å². The maximum atomic E-state index is 13.4. The number of aryl methyl sites for hydroxylation is 1. The summed E-state index contributed by atoms with van der Waals surface area (Å²) in [6.07, 6.45) is 1.77. The highest BCUT2D eigenvalue weighted by atomic mass is 32.2. The van der Waals surface area contributed by atoms with E-state index in [0.29, 0.717) is 12.8 Å². The normalized spacial score (nSPS) is 23.1. The lowest BCUT2D eigenvalue weighted by Crippen LogP contribution is -2.29. The SMILES string of the molecule is Cc1cc(S(=O)(=O)NCC2CCC(O)C2)cc(N)c1F. The molecule has 1 aliphatic rings. The van der Waals surface area contributed by atoms with Gasteiger partial charge in [0.1, 0.15) is 5.82 Å². The highest BCUT2D eigenvalue weighted by Crippen LogP contribution is 2.25. The molecule has 1 saturated carbocycles. The van der Waals surface area contributed by atoms with Crippen molar-refractivity contribution >= 4 is 15.7 Å². The molecule has 2 unspecified atom stereocenters. The van der Waals surface area contributed by atoms with E-state index in [9.17, 15) is 17.9 Å². The van der Waals surface area contributed by atoms with Crippen molar-refractivity contribution in [2.75, 3.05) is 12.3 Å². The fraction of sp³-hybridized carbons (Fsp3) is 0.538. The van der Waals surface area contributed by atoms with E-state index in [0.717, 1.165) is 12.5 Å². The summed E-state index contributed by atoms with van der Waals surface area (Å²) >= 11 is 0. The van der Waals surface area contributed by atoms with Crippen molar-refractivity contribution in [1.82, 2.24) is 4.72 Å². The number of aliphatic hydroxyl groups is 1. The van der Waals surface area contributed by atoms with Gasteiger partial charge in [-0.3, -0.25) is 0 Å². The molecule has 20 heavy (non-hydrogen) atoms. The Kier molecular flexibility index (Phi) is 4.31. The summed E-state index contributed by atoms with van der Waals surface area (Å²) in [7, 11) is -3.71. The molecule has 2 rings (SSSR count). The number of hydrogen-bond acceptors (Lipinski definition) is 4. The van der Waals surface area contributed by atoms with Crippen molar-refractivity contribution < 1.29 is 17.9 Å². The van der Waals surface area contributed by atoms with Gasteiger partial charge in [0.2, 0.25) is 10.0 Å². The Morgan fingerprint density at radius 3 is 2.70 bits per heavy atom. The molecule has 1 fully saturated rings. The van der Waals surface area contributed by atoms with E-state index >= 15 is 0 Å². The number of hydrogen-bond donors (Lipinski definition) is 3. The summed E-state index contributed by atoms with van der Waals surface area (Å²) in [4.78, 5) is -0.0348. The van der Waals surface area contributed by atoms with Crippen molar-refractivity contribution in [3.05, 3.63) is 23.5 Å². The minimum absolute atomic E-state index is 0.0348. The topological polar surface area (TPSA) is 92.4 Å².